The maximum atomic E-state index is 12.3. The number of ether oxygens (including phenoxy) is 1. The number of rotatable bonds is 10. The molecule has 4 atom stereocenters. The number of amides is 2. The van der Waals surface area contributed by atoms with Crippen molar-refractivity contribution in [2.75, 3.05) is 43.8 Å². The molecule has 2 aromatic heterocycles. The summed E-state index contributed by atoms with van der Waals surface area (Å²) in [6.07, 6.45) is -0.675. The molecule has 1 aliphatic rings. The van der Waals surface area contributed by atoms with E-state index in [9.17, 15) is 20.1 Å². The molecule has 3 heterocycles. The molecule has 1 aliphatic heterocycles. The lowest BCUT2D eigenvalue weighted by Crippen LogP contribution is -2.42. The Hall–Kier alpha value is -3.36. The fourth-order valence-corrected chi connectivity index (χ4v) is 4.59. The minimum Gasteiger partial charge on any atom is -0.395 e. The Labute approximate surface area is 227 Å². The number of nitrogens with two attached hydrogens (primary N) is 1. The lowest BCUT2D eigenvalue weighted by atomic mass is 9.87. The van der Waals surface area contributed by atoms with Gasteiger partial charge < -0.3 is 36.4 Å². The van der Waals surface area contributed by atoms with Crippen molar-refractivity contribution < 1.29 is 24.9 Å². The third kappa shape index (κ3) is 6.81. The maximum absolute atomic E-state index is 12.3. The summed E-state index contributed by atoms with van der Waals surface area (Å²) >= 11 is 0. The molecular weight excluding hydrogens is 504 g/mol. The highest BCUT2D eigenvalue weighted by atomic mass is 16.6. The van der Waals surface area contributed by atoms with Crippen LogP contribution in [0.4, 0.5) is 16.3 Å². The van der Waals surface area contributed by atoms with Crippen molar-refractivity contribution in [1.29, 1.82) is 0 Å². The van der Waals surface area contributed by atoms with Crippen LogP contribution in [0.5, 0.6) is 0 Å². The largest absolute Gasteiger partial charge is 0.395 e. The van der Waals surface area contributed by atoms with Crippen LogP contribution in [0.1, 0.15) is 39.0 Å². The maximum Gasteiger partial charge on any atom is 0.319 e. The lowest BCUT2D eigenvalue weighted by molar-refractivity contribution is -0.0451. The number of carbonyl (C=O) groups is 1. The van der Waals surface area contributed by atoms with Gasteiger partial charge in [-0.25, -0.2) is 19.7 Å². The number of imidazole rings is 1. The highest BCUT2D eigenvalue weighted by molar-refractivity contribution is 5.89. The number of nitrogens with one attached hydrogen (secondary N) is 2. The van der Waals surface area contributed by atoms with Crippen LogP contribution in [0.2, 0.25) is 0 Å². The van der Waals surface area contributed by atoms with Gasteiger partial charge in [0.15, 0.2) is 17.7 Å². The van der Waals surface area contributed by atoms with Crippen molar-refractivity contribution >= 4 is 28.7 Å². The Morgan fingerprint density at radius 3 is 2.56 bits per heavy atom. The summed E-state index contributed by atoms with van der Waals surface area (Å²) in [4.78, 5) is 26.5. The number of nitrogen functional groups attached to an aromatic ring is 1. The number of anilines is 2. The highest BCUT2D eigenvalue weighted by Gasteiger charge is 2.44. The van der Waals surface area contributed by atoms with E-state index in [0.717, 1.165) is 0 Å². The normalized spacial score (nSPS) is 21.5. The summed E-state index contributed by atoms with van der Waals surface area (Å²) in [7, 11) is 0. The van der Waals surface area contributed by atoms with Gasteiger partial charge in [-0.3, -0.25) is 9.47 Å². The summed E-state index contributed by atoms with van der Waals surface area (Å²) in [5.41, 5.74) is 8.56. The number of benzene rings is 1. The van der Waals surface area contributed by atoms with Crippen LogP contribution in [-0.4, -0.2) is 96.9 Å². The minimum absolute atomic E-state index is 0.0388. The van der Waals surface area contributed by atoms with E-state index in [1.165, 1.54) is 22.8 Å². The summed E-state index contributed by atoms with van der Waals surface area (Å²) in [5.74, 6) is 0.207. The van der Waals surface area contributed by atoms with Gasteiger partial charge in [0.1, 0.15) is 30.2 Å². The molecule has 13 nitrogen and oxygen atoms in total. The van der Waals surface area contributed by atoms with Crippen LogP contribution in [0.15, 0.2) is 36.9 Å². The molecule has 1 fully saturated rings. The van der Waals surface area contributed by atoms with E-state index >= 15 is 0 Å². The molecule has 212 valence electrons. The second-order valence-electron chi connectivity index (χ2n) is 10.7. The van der Waals surface area contributed by atoms with Gasteiger partial charge in [0.25, 0.3) is 0 Å². The first kappa shape index (κ1) is 28.6. The third-order valence-corrected chi connectivity index (χ3v) is 6.80. The van der Waals surface area contributed by atoms with Gasteiger partial charge in [-0.15, -0.1) is 0 Å². The average Bonchev–Trinajstić information content (AvgIpc) is 3.44. The molecule has 0 radical (unpaired) electrons. The van der Waals surface area contributed by atoms with Crippen LogP contribution >= 0.6 is 0 Å². The van der Waals surface area contributed by atoms with Gasteiger partial charge in [0.2, 0.25) is 0 Å². The average molecular weight is 543 g/mol. The molecule has 4 rings (SSSR count). The SMILES string of the molecule is CC(C)(C)c1ccc(NC(=O)NCCCN(CCO)CC2OC(n3cnc4c(N)ncnc43)C(O)C2O)cc1. The van der Waals surface area contributed by atoms with E-state index in [2.05, 4.69) is 46.4 Å². The van der Waals surface area contributed by atoms with Gasteiger partial charge in [-0.2, -0.15) is 0 Å². The van der Waals surface area contributed by atoms with Crippen molar-refractivity contribution in [3.05, 3.63) is 42.5 Å². The predicted octanol–water partition coefficient (Wildman–Crippen LogP) is 0.831. The number of aromatic nitrogens is 4. The molecule has 0 bridgehead atoms. The summed E-state index contributed by atoms with van der Waals surface area (Å²) in [6, 6.07) is 7.46. The second-order valence-corrected chi connectivity index (χ2v) is 10.7. The number of carbonyl (C=O) groups excluding carboxylic acids is 1. The molecule has 0 saturated carbocycles. The van der Waals surface area contributed by atoms with Crippen molar-refractivity contribution in [3.63, 3.8) is 0 Å². The number of nitrogens with zero attached hydrogens (tertiary/aromatic N) is 5. The minimum atomic E-state index is -1.22. The van der Waals surface area contributed by atoms with E-state index in [0.29, 0.717) is 42.9 Å². The van der Waals surface area contributed by atoms with Crippen LogP contribution in [0, 0.1) is 0 Å². The van der Waals surface area contributed by atoms with E-state index in [1.54, 1.807) is 0 Å². The van der Waals surface area contributed by atoms with Crippen LogP contribution in [-0.2, 0) is 10.2 Å². The fraction of sp³-hybridized carbons (Fsp3) is 0.538. The molecule has 13 heteroatoms. The van der Waals surface area contributed by atoms with Gasteiger partial charge in [0, 0.05) is 31.9 Å². The molecule has 0 aliphatic carbocycles. The third-order valence-electron chi connectivity index (χ3n) is 6.80. The first-order chi connectivity index (χ1) is 18.6. The Balaban J connectivity index is 1.27. The molecule has 7 N–H and O–H groups in total. The summed E-state index contributed by atoms with van der Waals surface area (Å²) in [5, 5.41) is 36.6. The Bertz CT molecular complexity index is 1250. The summed E-state index contributed by atoms with van der Waals surface area (Å²) < 4.78 is 7.54. The molecule has 2 amide bonds. The Morgan fingerprint density at radius 2 is 1.87 bits per heavy atom. The zero-order valence-corrected chi connectivity index (χ0v) is 22.5. The standard InChI is InChI=1S/C26H38N8O5/c1-26(2,3)16-5-7-17(8-6-16)32-25(38)28-9-4-10-33(11-12-35)13-18-20(36)21(37)24(39-18)34-15-31-19-22(27)29-14-30-23(19)34/h5-8,14-15,18,20-21,24,35-37H,4,9-13H2,1-3H3,(H2,27,29,30)(H2,28,32,38). The van der Waals surface area contributed by atoms with E-state index in [4.69, 9.17) is 10.5 Å². The van der Waals surface area contributed by atoms with Gasteiger partial charge in [0.05, 0.1) is 12.9 Å². The number of urea groups is 1. The molecule has 39 heavy (non-hydrogen) atoms. The molecule has 3 aromatic rings. The van der Waals surface area contributed by atoms with Crippen molar-refractivity contribution in [2.45, 2.75) is 57.1 Å². The van der Waals surface area contributed by atoms with Gasteiger partial charge in [-0.05, 0) is 29.5 Å². The Morgan fingerprint density at radius 1 is 1.13 bits per heavy atom. The smallest absolute Gasteiger partial charge is 0.319 e. The number of hydrogen-bond donors (Lipinski definition) is 6. The number of aliphatic hydroxyl groups excluding tert-OH is 3. The van der Waals surface area contributed by atoms with Gasteiger partial charge in [-0.1, -0.05) is 32.9 Å². The molecule has 1 aromatic carbocycles. The van der Waals surface area contributed by atoms with Crippen molar-refractivity contribution in [2.24, 2.45) is 0 Å². The first-order valence-electron chi connectivity index (χ1n) is 13.0. The predicted molar refractivity (Wildman–Crippen MR) is 146 cm³/mol. The molecule has 1 saturated heterocycles. The van der Waals surface area contributed by atoms with Crippen LogP contribution in [0.3, 0.4) is 0 Å². The molecule has 0 spiro atoms. The molecule has 4 unspecified atom stereocenters. The van der Waals surface area contributed by atoms with Crippen LogP contribution < -0.4 is 16.4 Å². The number of aliphatic hydroxyl groups is 3. The monoisotopic (exact) mass is 542 g/mol. The number of fused-ring (bicyclic) bond motifs is 1. The Kier molecular flexibility index (Phi) is 8.97. The highest BCUT2D eigenvalue weighted by Crippen LogP contribution is 2.32. The fourth-order valence-electron chi connectivity index (χ4n) is 4.59. The van der Waals surface area contributed by atoms with E-state index in [1.807, 2.05) is 29.2 Å². The topological polar surface area (TPSA) is 184 Å². The lowest BCUT2D eigenvalue weighted by Gasteiger charge is -2.26. The van der Waals surface area contributed by atoms with E-state index in [-0.39, 0.29) is 30.4 Å². The zero-order chi connectivity index (χ0) is 28.2. The second kappa shape index (κ2) is 12.2. The van der Waals surface area contributed by atoms with E-state index < -0.39 is 24.5 Å². The van der Waals surface area contributed by atoms with Gasteiger partial charge >= 0.3 is 6.03 Å². The zero-order valence-electron chi connectivity index (χ0n) is 22.5. The quantitative estimate of drug-likeness (QED) is 0.201. The number of hydrogen-bond acceptors (Lipinski definition) is 10. The summed E-state index contributed by atoms with van der Waals surface area (Å²) in [6.45, 7) is 7.88. The van der Waals surface area contributed by atoms with Crippen molar-refractivity contribution in [3.8, 4) is 0 Å². The van der Waals surface area contributed by atoms with Crippen molar-refractivity contribution in [1.82, 2.24) is 29.7 Å². The molecular formula is C26H38N8O5. The van der Waals surface area contributed by atoms with Crippen LogP contribution in [0.25, 0.3) is 11.2 Å². The first-order valence-corrected chi connectivity index (χ1v) is 13.0.